The highest BCUT2D eigenvalue weighted by atomic mass is 19.3. The second kappa shape index (κ2) is 6.93. The topological polar surface area (TPSA) is 51.2 Å². The molecule has 116 valence electrons. The molecular weight excluding hydrogens is 297 g/mol. The van der Waals surface area contributed by atoms with Crippen LogP contribution < -0.4 is 10.1 Å². The molecule has 0 saturated carbocycles. The standard InChI is InChI=1S/C15H13F3N2O2/c1-9-4-5-19-7-11(9)8-20-14(21)10-2-3-13(12(16)6-10)22-15(17)18/h2-7,15H,8H2,1H3,(H,20,21). The fraction of sp³-hybridized carbons (Fsp3) is 0.200. The lowest BCUT2D eigenvalue weighted by Crippen LogP contribution is -2.23. The van der Waals surface area contributed by atoms with Crippen molar-refractivity contribution in [3.63, 3.8) is 0 Å². The summed E-state index contributed by atoms with van der Waals surface area (Å²) in [5, 5.41) is 2.61. The molecule has 2 aromatic rings. The number of pyridine rings is 1. The molecule has 0 fully saturated rings. The van der Waals surface area contributed by atoms with Crippen molar-refractivity contribution in [2.75, 3.05) is 0 Å². The van der Waals surface area contributed by atoms with Gasteiger partial charge in [0.15, 0.2) is 11.6 Å². The van der Waals surface area contributed by atoms with Gasteiger partial charge >= 0.3 is 6.61 Å². The predicted octanol–water partition coefficient (Wildman–Crippen LogP) is 3.06. The van der Waals surface area contributed by atoms with Gasteiger partial charge < -0.3 is 10.1 Å². The first-order valence-electron chi connectivity index (χ1n) is 6.39. The van der Waals surface area contributed by atoms with Gasteiger partial charge in [-0.3, -0.25) is 9.78 Å². The van der Waals surface area contributed by atoms with Crippen LogP contribution in [0.4, 0.5) is 13.2 Å². The van der Waals surface area contributed by atoms with E-state index < -0.39 is 24.1 Å². The molecule has 1 amide bonds. The monoisotopic (exact) mass is 310 g/mol. The van der Waals surface area contributed by atoms with Crippen LogP contribution in [0.25, 0.3) is 0 Å². The highest BCUT2D eigenvalue weighted by Gasteiger charge is 2.13. The number of amides is 1. The Balaban J connectivity index is 2.04. The van der Waals surface area contributed by atoms with Gasteiger partial charge in [0.05, 0.1) is 0 Å². The molecule has 0 aliphatic rings. The molecule has 0 atom stereocenters. The van der Waals surface area contributed by atoms with Gasteiger partial charge in [-0.1, -0.05) is 0 Å². The average molecular weight is 310 g/mol. The number of rotatable bonds is 5. The van der Waals surface area contributed by atoms with Crippen LogP contribution in [0.2, 0.25) is 0 Å². The summed E-state index contributed by atoms with van der Waals surface area (Å²) < 4.78 is 41.6. The maximum atomic E-state index is 13.5. The van der Waals surface area contributed by atoms with Gasteiger partial charge in [0.2, 0.25) is 0 Å². The Morgan fingerprint density at radius 1 is 1.36 bits per heavy atom. The minimum absolute atomic E-state index is 0.0145. The fourth-order valence-electron chi connectivity index (χ4n) is 1.79. The van der Waals surface area contributed by atoms with E-state index in [2.05, 4.69) is 15.0 Å². The third kappa shape index (κ3) is 3.97. The highest BCUT2D eigenvalue weighted by Crippen LogP contribution is 2.20. The molecule has 0 aliphatic carbocycles. The molecule has 0 radical (unpaired) electrons. The van der Waals surface area contributed by atoms with Crippen LogP contribution in [0.5, 0.6) is 5.75 Å². The van der Waals surface area contributed by atoms with Crippen molar-refractivity contribution >= 4 is 5.91 Å². The molecule has 1 aromatic carbocycles. The lowest BCUT2D eigenvalue weighted by Gasteiger charge is -2.09. The zero-order chi connectivity index (χ0) is 16.1. The zero-order valence-corrected chi connectivity index (χ0v) is 11.6. The van der Waals surface area contributed by atoms with E-state index in [1.54, 1.807) is 18.5 Å². The van der Waals surface area contributed by atoms with Crippen LogP contribution in [-0.2, 0) is 6.54 Å². The number of benzene rings is 1. The number of nitrogens with one attached hydrogen (secondary N) is 1. The number of ether oxygens (including phenoxy) is 1. The summed E-state index contributed by atoms with van der Waals surface area (Å²) in [6.45, 7) is -1.02. The van der Waals surface area contributed by atoms with Crippen LogP contribution in [0.15, 0.2) is 36.7 Å². The Labute approximate surface area is 124 Å². The molecule has 0 bridgehead atoms. The molecule has 0 unspecified atom stereocenters. The van der Waals surface area contributed by atoms with Crippen LogP contribution in [0.1, 0.15) is 21.5 Å². The lowest BCUT2D eigenvalue weighted by molar-refractivity contribution is -0.0521. The van der Waals surface area contributed by atoms with E-state index >= 15 is 0 Å². The van der Waals surface area contributed by atoms with Crippen molar-refractivity contribution in [2.24, 2.45) is 0 Å². The van der Waals surface area contributed by atoms with Crippen molar-refractivity contribution in [2.45, 2.75) is 20.1 Å². The smallest absolute Gasteiger partial charge is 0.387 e. The second-order valence-corrected chi connectivity index (χ2v) is 4.51. The second-order valence-electron chi connectivity index (χ2n) is 4.51. The van der Waals surface area contributed by atoms with Gasteiger partial charge in [0, 0.05) is 24.5 Å². The van der Waals surface area contributed by atoms with E-state index in [1.807, 2.05) is 6.92 Å². The molecule has 4 nitrogen and oxygen atoms in total. The Hall–Kier alpha value is -2.57. The van der Waals surface area contributed by atoms with E-state index in [9.17, 15) is 18.0 Å². The molecule has 1 aromatic heterocycles. The minimum atomic E-state index is -3.12. The molecule has 7 heteroatoms. The number of halogens is 3. The number of carbonyl (C=O) groups is 1. The lowest BCUT2D eigenvalue weighted by atomic mass is 10.1. The Kier molecular flexibility index (Phi) is 4.98. The highest BCUT2D eigenvalue weighted by molar-refractivity contribution is 5.94. The Morgan fingerprint density at radius 3 is 2.77 bits per heavy atom. The van der Waals surface area contributed by atoms with E-state index in [1.165, 1.54) is 6.07 Å². The van der Waals surface area contributed by atoms with Crippen LogP contribution >= 0.6 is 0 Å². The van der Waals surface area contributed by atoms with E-state index in [0.29, 0.717) is 0 Å². The summed E-state index contributed by atoms with van der Waals surface area (Å²) in [5.41, 5.74) is 1.80. The number of hydrogen-bond donors (Lipinski definition) is 1. The van der Waals surface area contributed by atoms with Crippen molar-refractivity contribution in [3.8, 4) is 5.75 Å². The molecule has 22 heavy (non-hydrogen) atoms. The van der Waals surface area contributed by atoms with Gasteiger partial charge in [-0.15, -0.1) is 0 Å². The quantitative estimate of drug-likeness (QED) is 0.923. The van der Waals surface area contributed by atoms with E-state index in [4.69, 9.17) is 0 Å². The summed E-state index contributed by atoms with van der Waals surface area (Å²) in [6, 6.07) is 4.86. The Morgan fingerprint density at radius 2 is 2.14 bits per heavy atom. The summed E-state index contributed by atoms with van der Waals surface area (Å²) in [7, 11) is 0. The first kappa shape index (κ1) is 15.8. The maximum absolute atomic E-state index is 13.5. The van der Waals surface area contributed by atoms with Gasteiger partial charge in [-0.25, -0.2) is 4.39 Å². The minimum Gasteiger partial charge on any atom is -0.432 e. The molecule has 0 aliphatic heterocycles. The van der Waals surface area contributed by atoms with Crippen LogP contribution in [0, 0.1) is 12.7 Å². The van der Waals surface area contributed by atoms with Crippen molar-refractivity contribution in [1.29, 1.82) is 0 Å². The molecule has 2 rings (SSSR count). The van der Waals surface area contributed by atoms with E-state index in [0.717, 1.165) is 23.3 Å². The number of aryl methyl sites for hydroxylation is 1. The Bertz CT molecular complexity index is 678. The number of nitrogens with zero attached hydrogens (tertiary/aromatic N) is 1. The van der Waals surface area contributed by atoms with Gasteiger partial charge in [-0.2, -0.15) is 8.78 Å². The molecule has 1 N–H and O–H groups in total. The molecular formula is C15H13F3N2O2. The van der Waals surface area contributed by atoms with E-state index in [-0.39, 0.29) is 12.1 Å². The third-order valence-electron chi connectivity index (χ3n) is 3.00. The first-order chi connectivity index (χ1) is 10.5. The SMILES string of the molecule is Cc1ccncc1CNC(=O)c1ccc(OC(F)F)c(F)c1. The van der Waals surface area contributed by atoms with Gasteiger partial charge in [0.1, 0.15) is 0 Å². The average Bonchev–Trinajstić information content (AvgIpc) is 2.48. The predicted molar refractivity (Wildman–Crippen MR) is 73.2 cm³/mol. The van der Waals surface area contributed by atoms with Gasteiger partial charge in [0.25, 0.3) is 5.91 Å². The number of aromatic nitrogens is 1. The van der Waals surface area contributed by atoms with Crippen LogP contribution in [0.3, 0.4) is 0 Å². The summed E-state index contributed by atoms with van der Waals surface area (Å²) in [6.07, 6.45) is 3.26. The largest absolute Gasteiger partial charge is 0.432 e. The normalized spacial score (nSPS) is 10.6. The molecule has 0 saturated heterocycles. The third-order valence-corrected chi connectivity index (χ3v) is 3.00. The zero-order valence-electron chi connectivity index (χ0n) is 11.6. The summed E-state index contributed by atoms with van der Waals surface area (Å²) in [5.74, 6) is -2.15. The molecule has 0 spiro atoms. The number of hydrogen-bond acceptors (Lipinski definition) is 3. The number of alkyl halides is 2. The van der Waals surface area contributed by atoms with Gasteiger partial charge in [-0.05, 0) is 42.3 Å². The summed E-state index contributed by atoms with van der Waals surface area (Å²) >= 11 is 0. The first-order valence-corrected chi connectivity index (χ1v) is 6.39. The summed E-state index contributed by atoms with van der Waals surface area (Å²) in [4.78, 5) is 15.9. The fourth-order valence-corrected chi connectivity index (χ4v) is 1.79. The molecule has 1 heterocycles. The van der Waals surface area contributed by atoms with Crippen molar-refractivity contribution < 1.29 is 22.7 Å². The van der Waals surface area contributed by atoms with Crippen molar-refractivity contribution in [1.82, 2.24) is 10.3 Å². The van der Waals surface area contributed by atoms with Crippen LogP contribution in [-0.4, -0.2) is 17.5 Å². The maximum Gasteiger partial charge on any atom is 0.387 e. The number of carbonyl (C=O) groups excluding carboxylic acids is 1. The van der Waals surface area contributed by atoms with Crippen molar-refractivity contribution in [3.05, 3.63) is 59.2 Å².